The van der Waals surface area contributed by atoms with Crippen molar-refractivity contribution in [2.24, 2.45) is 0 Å². The van der Waals surface area contributed by atoms with Crippen LogP contribution in [-0.2, 0) is 35.3 Å². The molecule has 0 unspecified atom stereocenters. The topological polar surface area (TPSA) is 175 Å². The number of anilines is 2. The number of halogens is 2. The molecular formula is C31H28Cl2N4O9. The lowest BCUT2D eigenvalue weighted by Crippen LogP contribution is -2.57. The summed E-state index contributed by atoms with van der Waals surface area (Å²) in [6.07, 6.45) is -0.273. The molecule has 2 aliphatic heterocycles. The van der Waals surface area contributed by atoms with Gasteiger partial charge in [0.2, 0.25) is 5.91 Å². The fourth-order valence-electron chi connectivity index (χ4n) is 5.09. The minimum Gasteiger partial charge on any atom is -0.505 e. The standard InChI is InChI=1S/C31H28Cl2N4O9/c32-20-10-19(11-21(33)28(20)42)29(43)34-22-13-36(26(40)15-38)23-8-4-5-9-24(23)37(30(22)44)14-25(39)35-31(12-27(41)45-17-31)46-16-18-6-2-1-3-7-18/h1-11,22,38,42H,12-17H2,(H,34,43)(H,35,39)/t22-,31-/m0/s1. The highest BCUT2D eigenvalue weighted by Crippen LogP contribution is 2.35. The Morgan fingerprint density at radius 3 is 2.28 bits per heavy atom. The van der Waals surface area contributed by atoms with Gasteiger partial charge in [-0.2, -0.15) is 0 Å². The van der Waals surface area contributed by atoms with Gasteiger partial charge in [0.15, 0.2) is 11.5 Å². The minimum absolute atomic E-state index is 0.0564. The lowest BCUT2D eigenvalue weighted by molar-refractivity contribution is -0.138. The molecule has 2 atom stereocenters. The fourth-order valence-corrected chi connectivity index (χ4v) is 5.58. The zero-order valence-corrected chi connectivity index (χ0v) is 25.6. The van der Waals surface area contributed by atoms with E-state index in [-0.39, 0.29) is 46.6 Å². The monoisotopic (exact) mass is 670 g/mol. The van der Waals surface area contributed by atoms with Crippen LogP contribution in [-0.4, -0.2) is 77.9 Å². The van der Waals surface area contributed by atoms with E-state index in [2.05, 4.69) is 10.6 Å². The van der Waals surface area contributed by atoms with Crippen LogP contribution in [0, 0.1) is 0 Å². The first-order chi connectivity index (χ1) is 22.0. The maximum atomic E-state index is 14.1. The van der Waals surface area contributed by atoms with Crippen molar-refractivity contribution in [1.29, 1.82) is 0 Å². The molecule has 46 heavy (non-hydrogen) atoms. The normalized spacial score (nSPS) is 19.2. The molecule has 0 saturated carbocycles. The number of hydrogen-bond donors (Lipinski definition) is 4. The molecule has 4 amide bonds. The van der Waals surface area contributed by atoms with Crippen molar-refractivity contribution in [2.75, 3.05) is 36.1 Å². The Morgan fingerprint density at radius 1 is 1.00 bits per heavy atom. The summed E-state index contributed by atoms with van der Waals surface area (Å²) in [5, 5.41) is 24.4. The Bertz CT molecular complexity index is 1670. The summed E-state index contributed by atoms with van der Waals surface area (Å²) in [5.74, 6) is -4.09. The first-order valence-electron chi connectivity index (χ1n) is 14.0. The number of phenols is 1. The number of hydrogen-bond acceptors (Lipinski definition) is 9. The zero-order chi connectivity index (χ0) is 33.0. The number of aromatic hydroxyl groups is 1. The molecule has 15 heteroatoms. The number of ether oxygens (including phenoxy) is 2. The lowest BCUT2D eigenvalue weighted by Gasteiger charge is -2.30. The van der Waals surface area contributed by atoms with Gasteiger partial charge in [-0.3, -0.25) is 28.9 Å². The number of nitrogens with one attached hydrogen (secondary N) is 2. The zero-order valence-electron chi connectivity index (χ0n) is 24.1. The second-order valence-corrected chi connectivity index (χ2v) is 11.4. The molecule has 4 N–H and O–H groups in total. The average molecular weight is 671 g/mol. The number of cyclic esters (lactones) is 1. The molecule has 0 aliphatic carbocycles. The summed E-state index contributed by atoms with van der Waals surface area (Å²) in [4.78, 5) is 68.1. The number of esters is 1. The van der Waals surface area contributed by atoms with Crippen molar-refractivity contribution in [1.82, 2.24) is 10.6 Å². The smallest absolute Gasteiger partial charge is 0.311 e. The van der Waals surface area contributed by atoms with Gasteiger partial charge in [-0.05, 0) is 29.8 Å². The minimum atomic E-state index is -1.51. The van der Waals surface area contributed by atoms with Gasteiger partial charge in [-0.1, -0.05) is 65.7 Å². The van der Waals surface area contributed by atoms with Gasteiger partial charge in [0.1, 0.15) is 25.8 Å². The Hall–Kier alpha value is -4.69. The number of carbonyl (C=O) groups is 5. The first-order valence-corrected chi connectivity index (χ1v) is 14.7. The lowest BCUT2D eigenvalue weighted by atomic mass is 10.1. The molecule has 240 valence electrons. The summed E-state index contributed by atoms with van der Waals surface area (Å²) in [7, 11) is 0. The van der Waals surface area contributed by atoms with E-state index in [1.165, 1.54) is 12.1 Å². The highest BCUT2D eigenvalue weighted by atomic mass is 35.5. The van der Waals surface area contributed by atoms with Crippen molar-refractivity contribution in [3.8, 4) is 5.75 Å². The quantitative estimate of drug-likeness (QED) is 0.196. The molecule has 2 heterocycles. The molecular weight excluding hydrogens is 643 g/mol. The second-order valence-electron chi connectivity index (χ2n) is 10.5. The number of fused-ring (bicyclic) bond motifs is 1. The van der Waals surface area contributed by atoms with Crippen LogP contribution in [0.2, 0.25) is 10.0 Å². The highest BCUT2D eigenvalue weighted by molar-refractivity contribution is 6.37. The number of phenolic OH excluding ortho intramolecular Hbond substituents is 1. The summed E-state index contributed by atoms with van der Waals surface area (Å²) >= 11 is 12.0. The third-order valence-corrected chi connectivity index (χ3v) is 7.91. The second kappa shape index (κ2) is 13.7. The van der Waals surface area contributed by atoms with Crippen LogP contribution in [0.25, 0.3) is 0 Å². The van der Waals surface area contributed by atoms with Gasteiger partial charge in [-0.15, -0.1) is 0 Å². The molecule has 13 nitrogen and oxygen atoms in total. The number of benzene rings is 3. The number of rotatable bonds is 9. The van der Waals surface area contributed by atoms with Crippen molar-refractivity contribution in [3.05, 3.63) is 87.9 Å². The Labute approximate surface area is 272 Å². The van der Waals surface area contributed by atoms with Crippen LogP contribution in [0.3, 0.4) is 0 Å². The fraction of sp³-hybridized carbons (Fsp3) is 0.258. The largest absolute Gasteiger partial charge is 0.505 e. The molecule has 0 bridgehead atoms. The van der Waals surface area contributed by atoms with E-state index in [0.29, 0.717) is 0 Å². The Kier molecular flexibility index (Phi) is 9.77. The summed E-state index contributed by atoms with van der Waals surface area (Å²) < 4.78 is 11.1. The van der Waals surface area contributed by atoms with Crippen molar-refractivity contribution in [2.45, 2.75) is 24.8 Å². The number of amides is 4. The van der Waals surface area contributed by atoms with Crippen LogP contribution >= 0.6 is 23.2 Å². The van der Waals surface area contributed by atoms with Gasteiger partial charge < -0.3 is 35.2 Å². The van der Waals surface area contributed by atoms with E-state index >= 15 is 0 Å². The van der Waals surface area contributed by atoms with Gasteiger partial charge >= 0.3 is 5.97 Å². The van der Waals surface area contributed by atoms with E-state index in [0.717, 1.165) is 27.5 Å². The van der Waals surface area contributed by atoms with Gasteiger partial charge in [0.05, 0.1) is 41.0 Å². The van der Waals surface area contributed by atoms with Crippen LogP contribution in [0.15, 0.2) is 66.7 Å². The molecule has 3 aromatic rings. The van der Waals surface area contributed by atoms with E-state index in [1.54, 1.807) is 12.1 Å². The van der Waals surface area contributed by atoms with E-state index < -0.39 is 66.8 Å². The van der Waals surface area contributed by atoms with E-state index in [4.69, 9.17) is 32.7 Å². The number of carbonyl (C=O) groups excluding carboxylic acids is 5. The average Bonchev–Trinajstić information content (AvgIpc) is 3.37. The number of aliphatic hydroxyl groups is 1. The Morgan fingerprint density at radius 2 is 1.65 bits per heavy atom. The predicted molar refractivity (Wildman–Crippen MR) is 165 cm³/mol. The maximum absolute atomic E-state index is 14.1. The van der Waals surface area contributed by atoms with Gasteiger partial charge in [0.25, 0.3) is 17.7 Å². The predicted octanol–water partition coefficient (Wildman–Crippen LogP) is 2.15. The van der Waals surface area contributed by atoms with Crippen LogP contribution in [0.4, 0.5) is 11.4 Å². The SMILES string of the molecule is O=C(CN1C(=O)[C@@H](NC(=O)c2cc(Cl)c(O)c(Cl)c2)CN(C(=O)CO)c2ccccc21)N[C@@]1(OCc2ccccc2)COC(=O)C1. The third kappa shape index (κ3) is 7.07. The number of nitrogens with zero attached hydrogens (tertiary/aromatic N) is 2. The van der Waals surface area contributed by atoms with E-state index in [1.807, 2.05) is 30.3 Å². The Balaban J connectivity index is 1.43. The van der Waals surface area contributed by atoms with Crippen LogP contribution in [0.1, 0.15) is 22.3 Å². The maximum Gasteiger partial charge on any atom is 0.311 e. The molecule has 2 aliphatic rings. The van der Waals surface area contributed by atoms with Gasteiger partial charge in [-0.25, -0.2) is 0 Å². The molecule has 0 aromatic heterocycles. The number of para-hydroxylation sites is 2. The van der Waals surface area contributed by atoms with Gasteiger partial charge in [0, 0.05) is 5.56 Å². The summed E-state index contributed by atoms with van der Waals surface area (Å²) in [5.41, 5.74) is -0.465. The highest BCUT2D eigenvalue weighted by Gasteiger charge is 2.44. The molecule has 1 fully saturated rings. The molecule has 0 spiro atoms. The molecule has 0 radical (unpaired) electrons. The van der Waals surface area contributed by atoms with Crippen LogP contribution in [0.5, 0.6) is 5.75 Å². The van der Waals surface area contributed by atoms with Crippen LogP contribution < -0.4 is 20.4 Å². The summed E-state index contributed by atoms with van der Waals surface area (Å²) in [6.45, 7) is -2.11. The molecule has 1 saturated heterocycles. The third-order valence-electron chi connectivity index (χ3n) is 7.34. The molecule has 5 rings (SSSR count). The number of aliphatic hydroxyl groups excluding tert-OH is 1. The first kappa shape index (κ1) is 32.7. The van der Waals surface area contributed by atoms with E-state index in [9.17, 15) is 34.2 Å². The molecule has 3 aromatic carbocycles. The van der Waals surface area contributed by atoms with Crippen molar-refractivity contribution in [3.63, 3.8) is 0 Å². The summed E-state index contributed by atoms with van der Waals surface area (Å²) in [6, 6.07) is 16.2. The van der Waals surface area contributed by atoms with Crippen molar-refractivity contribution >= 4 is 64.2 Å². The van der Waals surface area contributed by atoms with Crippen molar-refractivity contribution < 1.29 is 43.7 Å².